The molecule has 0 unspecified atom stereocenters. The standard InChI is InChI=1S/C9H19N/c1-4-6-9(2)7-5-8-10-3/h10H,2,4-8H2,1,3H3. The maximum Gasteiger partial charge on any atom is -0.00489 e. The zero-order chi connectivity index (χ0) is 7.82. The number of hydrogen-bond acceptors (Lipinski definition) is 1. The zero-order valence-electron chi connectivity index (χ0n) is 7.24. The molecule has 0 atom stereocenters. The first-order valence-electron chi connectivity index (χ1n) is 4.12. The maximum absolute atomic E-state index is 3.99. The van der Waals surface area contributed by atoms with Gasteiger partial charge in [-0.05, 0) is 32.9 Å². The highest BCUT2D eigenvalue weighted by Gasteiger charge is 1.91. The van der Waals surface area contributed by atoms with Crippen molar-refractivity contribution in [3.63, 3.8) is 0 Å². The Balaban J connectivity index is 3.05. The molecule has 0 radical (unpaired) electrons. The van der Waals surface area contributed by atoms with Crippen LogP contribution in [0.15, 0.2) is 12.2 Å². The molecule has 0 bridgehead atoms. The Hall–Kier alpha value is -0.300. The maximum atomic E-state index is 3.99. The molecule has 0 aliphatic rings. The second-order valence-corrected chi connectivity index (χ2v) is 2.71. The smallest absolute Gasteiger partial charge is 0.00489 e. The number of rotatable bonds is 6. The van der Waals surface area contributed by atoms with Crippen molar-refractivity contribution < 1.29 is 0 Å². The lowest BCUT2D eigenvalue weighted by Gasteiger charge is -2.02. The van der Waals surface area contributed by atoms with Crippen molar-refractivity contribution in [2.75, 3.05) is 13.6 Å². The predicted molar refractivity (Wildman–Crippen MR) is 47.2 cm³/mol. The fourth-order valence-corrected chi connectivity index (χ4v) is 0.994. The third-order valence-electron chi connectivity index (χ3n) is 1.56. The second-order valence-electron chi connectivity index (χ2n) is 2.71. The van der Waals surface area contributed by atoms with Crippen LogP contribution in [0.25, 0.3) is 0 Å². The molecule has 0 saturated heterocycles. The largest absolute Gasteiger partial charge is 0.320 e. The van der Waals surface area contributed by atoms with Crippen LogP contribution in [-0.2, 0) is 0 Å². The highest BCUT2D eigenvalue weighted by Crippen LogP contribution is 2.07. The average Bonchev–Trinajstić information content (AvgIpc) is 1.89. The minimum atomic E-state index is 1.11. The topological polar surface area (TPSA) is 12.0 Å². The van der Waals surface area contributed by atoms with Gasteiger partial charge in [0, 0.05) is 0 Å². The Morgan fingerprint density at radius 2 is 2.10 bits per heavy atom. The summed E-state index contributed by atoms with van der Waals surface area (Å²) >= 11 is 0. The van der Waals surface area contributed by atoms with Gasteiger partial charge in [0.15, 0.2) is 0 Å². The fourth-order valence-electron chi connectivity index (χ4n) is 0.994. The summed E-state index contributed by atoms with van der Waals surface area (Å²) < 4.78 is 0. The molecule has 1 nitrogen and oxygen atoms in total. The van der Waals surface area contributed by atoms with Gasteiger partial charge in [0.2, 0.25) is 0 Å². The molecule has 60 valence electrons. The van der Waals surface area contributed by atoms with E-state index in [2.05, 4.69) is 18.8 Å². The van der Waals surface area contributed by atoms with Gasteiger partial charge in [-0.1, -0.05) is 25.5 Å². The Labute approximate surface area is 64.5 Å². The molecule has 1 N–H and O–H groups in total. The van der Waals surface area contributed by atoms with E-state index in [9.17, 15) is 0 Å². The number of hydrogen-bond donors (Lipinski definition) is 1. The SMILES string of the molecule is C=C(CCC)CCCNC. The quantitative estimate of drug-likeness (QED) is 0.442. The Kier molecular flexibility index (Phi) is 6.61. The van der Waals surface area contributed by atoms with E-state index in [0.29, 0.717) is 0 Å². The van der Waals surface area contributed by atoms with E-state index in [4.69, 9.17) is 0 Å². The summed E-state index contributed by atoms with van der Waals surface area (Å²) in [4.78, 5) is 0. The van der Waals surface area contributed by atoms with Crippen LogP contribution < -0.4 is 5.32 Å². The first-order chi connectivity index (χ1) is 4.81. The van der Waals surface area contributed by atoms with Crippen LogP contribution in [-0.4, -0.2) is 13.6 Å². The third kappa shape index (κ3) is 5.83. The molecule has 0 aromatic rings. The van der Waals surface area contributed by atoms with Crippen LogP contribution in [0, 0.1) is 0 Å². The van der Waals surface area contributed by atoms with Gasteiger partial charge in [0.1, 0.15) is 0 Å². The monoisotopic (exact) mass is 141 g/mol. The van der Waals surface area contributed by atoms with Crippen LogP contribution in [0.4, 0.5) is 0 Å². The zero-order valence-corrected chi connectivity index (χ0v) is 7.24. The summed E-state index contributed by atoms with van der Waals surface area (Å²) in [6.45, 7) is 7.30. The number of allylic oxidation sites excluding steroid dienone is 1. The molecule has 0 aromatic carbocycles. The Morgan fingerprint density at radius 3 is 2.60 bits per heavy atom. The molecule has 1 heteroatoms. The van der Waals surface area contributed by atoms with Crippen molar-refractivity contribution >= 4 is 0 Å². The molecular formula is C9H19N. The summed E-state index contributed by atoms with van der Waals surface area (Å²) in [5, 5.41) is 3.12. The summed E-state index contributed by atoms with van der Waals surface area (Å²) in [5.74, 6) is 0. The average molecular weight is 141 g/mol. The molecule has 0 saturated carbocycles. The molecule has 0 amide bonds. The first-order valence-corrected chi connectivity index (χ1v) is 4.12. The molecule has 0 aliphatic heterocycles. The minimum absolute atomic E-state index is 1.11. The van der Waals surface area contributed by atoms with Crippen LogP contribution >= 0.6 is 0 Å². The van der Waals surface area contributed by atoms with Gasteiger partial charge in [-0.25, -0.2) is 0 Å². The van der Waals surface area contributed by atoms with Gasteiger partial charge in [-0.2, -0.15) is 0 Å². The molecule has 0 heterocycles. The van der Waals surface area contributed by atoms with Crippen LogP contribution in [0.1, 0.15) is 32.6 Å². The van der Waals surface area contributed by atoms with E-state index in [1.54, 1.807) is 0 Å². The third-order valence-corrected chi connectivity index (χ3v) is 1.56. The second kappa shape index (κ2) is 6.81. The van der Waals surface area contributed by atoms with E-state index >= 15 is 0 Å². The van der Waals surface area contributed by atoms with E-state index in [1.807, 2.05) is 7.05 Å². The lowest BCUT2D eigenvalue weighted by atomic mass is 10.1. The van der Waals surface area contributed by atoms with Crippen molar-refractivity contribution in [2.24, 2.45) is 0 Å². The molecule has 0 aromatic heterocycles. The molecule has 0 aliphatic carbocycles. The lowest BCUT2D eigenvalue weighted by molar-refractivity contribution is 0.701. The Bertz CT molecular complexity index is 86.7. The van der Waals surface area contributed by atoms with E-state index < -0.39 is 0 Å². The summed E-state index contributed by atoms with van der Waals surface area (Å²) in [6, 6.07) is 0. The van der Waals surface area contributed by atoms with Crippen molar-refractivity contribution in [1.82, 2.24) is 5.32 Å². The number of nitrogens with one attached hydrogen (secondary N) is 1. The van der Waals surface area contributed by atoms with Crippen molar-refractivity contribution in [3.05, 3.63) is 12.2 Å². The summed E-state index contributed by atoms with van der Waals surface area (Å²) in [7, 11) is 1.99. The van der Waals surface area contributed by atoms with Crippen LogP contribution in [0.2, 0.25) is 0 Å². The molecule has 0 fully saturated rings. The molecule has 0 spiro atoms. The van der Waals surface area contributed by atoms with Gasteiger partial charge in [-0.15, -0.1) is 0 Å². The van der Waals surface area contributed by atoms with Crippen LogP contribution in [0.5, 0.6) is 0 Å². The Morgan fingerprint density at radius 1 is 1.40 bits per heavy atom. The highest BCUT2D eigenvalue weighted by atomic mass is 14.8. The van der Waals surface area contributed by atoms with E-state index in [1.165, 1.54) is 31.3 Å². The highest BCUT2D eigenvalue weighted by molar-refractivity contribution is 4.92. The van der Waals surface area contributed by atoms with Crippen molar-refractivity contribution in [1.29, 1.82) is 0 Å². The lowest BCUT2D eigenvalue weighted by Crippen LogP contribution is -2.07. The predicted octanol–water partition coefficient (Wildman–Crippen LogP) is 2.34. The summed E-state index contributed by atoms with van der Waals surface area (Å²) in [5.41, 5.74) is 1.40. The van der Waals surface area contributed by atoms with Crippen molar-refractivity contribution in [3.8, 4) is 0 Å². The van der Waals surface area contributed by atoms with Gasteiger partial charge >= 0.3 is 0 Å². The molecule has 0 rings (SSSR count). The van der Waals surface area contributed by atoms with Gasteiger partial charge in [0.25, 0.3) is 0 Å². The van der Waals surface area contributed by atoms with Crippen molar-refractivity contribution in [2.45, 2.75) is 32.6 Å². The van der Waals surface area contributed by atoms with Crippen LogP contribution in [0.3, 0.4) is 0 Å². The molecule has 10 heavy (non-hydrogen) atoms. The van der Waals surface area contributed by atoms with E-state index in [-0.39, 0.29) is 0 Å². The first kappa shape index (κ1) is 9.70. The minimum Gasteiger partial charge on any atom is -0.320 e. The van der Waals surface area contributed by atoms with Gasteiger partial charge in [-0.3, -0.25) is 0 Å². The normalized spacial score (nSPS) is 9.80. The summed E-state index contributed by atoms with van der Waals surface area (Å²) in [6.07, 6.45) is 4.85. The van der Waals surface area contributed by atoms with Gasteiger partial charge < -0.3 is 5.32 Å². The van der Waals surface area contributed by atoms with Gasteiger partial charge in [0.05, 0.1) is 0 Å². The fraction of sp³-hybridized carbons (Fsp3) is 0.778. The van der Waals surface area contributed by atoms with E-state index in [0.717, 1.165) is 6.54 Å². The molecular weight excluding hydrogens is 122 g/mol.